The van der Waals surface area contributed by atoms with Gasteiger partial charge in [0.2, 0.25) is 5.89 Å². The predicted octanol–water partition coefficient (Wildman–Crippen LogP) is 3.80. The smallest absolute Gasteiger partial charge is 0.319 e. The van der Waals surface area contributed by atoms with Gasteiger partial charge in [-0.05, 0) is 25.0 Å². The third-order valence-electron chi connectivity index (χ3n) is 5.81. The average molecular weight is 415 g/mol. The third-order valence-corrected chi connectivity index (χ3v) is 6.10. The molecule has 9 heteroatoms. The summed E-state index contributed by atoms with van der Waals surface area (Å²) in [6, 6.07) is 3.53. The van der Waals surface area contributed by atoms with Crippen molar-refractivity contribution < 1.29 is 9.21 Å². The molecule has 1 fully saturated rings. The lowest BCUT2D eigenvalue weighted by Gasteiger charge is -2.42. The molecule has 1 aliphatic carbocycles. The van der Waals surface area contributed by atoms with Gasteiger partial charge in [0.1, 0.15) is 5.52 Å². The van der Waals surface area contributed by atoms with Gasteiger partial charge in [0.25, 0.3) is 0 Å². The SMILES string of the molecule is Cn1ccc(CNCc2nc3cc(Cl)c4c(c3o2)C2(CCCCC2)NC(=O)N4)n1. The molecule has 0 saturated heterocycles. The summed E-state index contributed by atoms with van der Waals surface area (Å²) >= 11 is 6.53. The van der Waals surface area contributed by atoms with E-state index in [0.29, 0.717) is 40.8 Å². The van der Waals surface area contributed by atoms with Crippen molar-refractivity contribution in [2.75, 3.05) is 5.32 Å². The van der Waals surface area contributed by atoms with Crippen LogP contribution < -0.4 is 16.0 Å². The van der Waals surface area contributed by atoms with Crippen LogP contribution in [0.3, 0.4) is 0 Å². The molecule has 1 saturated carbocycles. The van der Waals surface area contributed by atoms with E-state index in [1.807, 2.05) is 19.3 Å². The fourth-order valence-electron chi connectivity index (χ4n) is 4.54. The summed E-state index contributed by atoms with van der Waals surface area (Å²) in [5.74, 6) is 0.586. The van der Waals surface area contributed by atoms with Gasteiger partial charge in [-0.2, -0.15) is 5.10 Å². The number of nitrogens with one attached hydrogen (secondary N) is 3. The van der Waals surface area contributed by atoms with Crippen molar-refractivity contribution in [3.8, 4) is 0 Å². The van der Waals surface area contributed by atoms with E-state index in [1.165, 1.54) is 6.42 Å². The normalized spacial score (nSPS) is 17.9. The summed E-state index contributed by atoms with van der Waals surface area (Å²) in [7, 11) is 1.89. The quantitative estimate of drug-likeness (QED) is 0.603. The van der Waals surface area contributed by atoms with Crippen LogP contribution in [-0.4, -0.2) is 20.8 Å². The number of rotatable bonds is 4. The molecule has 1 aliphatic heterocycles. The molecule has 0 radical (unpaired) electrons. The lowest BCUT2D eigenvalue weighted by molar-refractivity contribution is 0.209. The molecule has 152 valence electrons. The number of oxazole rings is 1. The number of nitrogens with zero attached hydrogens (tertiary/aromatic N) is 3. The highest BCUT2D eigenvalue weighted by molar-refractivity contribution is 6.35. The zero-order chi connectivity index (χ0) is 20.0. The van der Waals surface area contributed by atoms with E-state index in [9.17, 15) is 4.79 Å². The minimum atomic E-state index is -0.447. The van der Waals surface area contributed by atoms with Crippen molar-refractivity contribution in [1.82, 2.24) is 25.4 Å². The first-order valence-corrected chi connectivity index (χ1v) is 10.3. The highest BCUT2D eigenvalue weighted by Crippen LogP contribution is 2.48. The Bertz CT molecular complexity index is 1080. The molecule has 2 aromatic heterocycles. The molecule has 3 N–H and O–H groups in total. The molecule has 3 aromatic rings. The van der Waals surface area contributed by atoms with E-state index in [-0.39, 0.29) is 6.03 Å². The summed E-state index contributed by atoms with van der Waals surface area (Å²) in [6.45, 7) is 1.10. The molecule has 1 spiro atoms. The predicted molar refractivity (Wildman–Crippen MR) is 110 cm³/mol. The summed E-state index contributed by atoms with van der Waals surface area (Å²) in [5.41, 5.74) is 3.51. The van der Waals surface area contributed by atoms with Crippen LogP contribution in [0.5, 0.6) is 0 Å². The molecular weight excluding hydrogens is 392 g/mol. The lowest BCUT2D eigenvalue weighted by atomic mass is 9.74. The molecule has 1 aromatic carbocycles. The summed E-state index contributed by atoms with van der Waals surface area (Å²) < 4.78 is 7.95. The van der Waals surface area contributed by atoms with E-state index in [4.69, 9.17) is 16.0 Å². The molecule has 0 bridgehead atoms. The standard InChI is InChI=1S/C20H23ClN6O2/c1-27-8-5-12(26-27)10-22-11-15-23-14-9-13(21)17-16(18(14)29-15)20(25-19(28)24-17)6-3-2-4-7-20/h5,8-9,22H,2-4,6-7,10-11H2,1H3,(H2,24,25,28). The summed E-state index contributed by atoms with van der Waals surface area (Å²) in [4.78, 5) is 17.0. The van der Waals surface area contributed by atoms with Gasteiger partial charge in [-0.15, -0.1) is 0 Å². The Morgan fingerprint density at radius 3 is 2.90 bits per heavy atom. The zero-order valence-electron chi connectivity index (χ0n) is 16.2. The van der Waals surface area contributed by atoms with Crippen molar-refractivity contribution in [2.45, 2.75) is 50.7 Å². The van der Waals surface area contributed by atoms with Crippen molar-refractivity contribution in [1.29, 1.82) is 0 Å². The fraction of sp³-hybridized carbons (Fsp3) is 0.450. The first-order chi connectivity index (χ1) is 14.0. The average Bonchev–Trinajstić information content (AvgIpc) is 3.28. The first-order valence-electron chi connectivity index (χ1n) is 9.95. The van der Waals surface area contributed by atoms with Crippen LogP contribution in [0.25, 0.3) is 11.1 Å². The fourth-order valence-corrected chi connectivity index (χ4v) is 4.79. The van der Waals surface area contributed by atoms with Gasteiger partial charge in [-0.25, -0.2) is 9.78 Å². The Balaban J connectivity index is 1.49. The number of amides is 2. The maximum absolute atomic E-state index is 12.3. The van der Waals surface area contributed by atoms with Crippen LogP contribution in [0.1, 0.15) is 49.3 Å². The molecule has 5 rings (SSSR count). The van der Waals surface area contributed by atoms with E-state index < -0.39 is 5.54 Å². The number of aromatic nitrogens is 3. The second-order valence-electron chi connectivity index (χ2n) is 7.87. The highest BCUT2D eigenvalue weighted by atomic mass is 35.5. The Morgan fingerprint density at radius 2 is 2.14 bits per heavy atom. The minimum absolute atomic E-state index is 0.211. The van der Waals surface area contributed by atoms with Gasteiger partial charge in [0.15, 0.2) is 5.58 Å². The number of hydrogen-bond acceptors (Lipinski definition) is 5. The van der Waals surface area contributed by atoms with Crippen LogP contribution in [0.4, 0.5) is 10.5 Å². The highest BCUT2D eigenvalue weighted by Gasteiger charge is 2.44. The van der Waals surface area contributed by atoms with E-state index in [2.05, 4.69) is 26.0 Å². The topological polar surface area (TPSA) is 97.0 Å². The van der Waals surface area contributed by atoms with Gasteiger partial charge < -0.3 is 20.4 Å². The lowest BCUT2D eigenvalue weighted by Crippen LogP contribution is -2.52. The largest absolute Gasteiger partial charge is 0.439 e. The minimum Gasteiger partial charge on any atom is -0.439 e. The monoisotopic (exact) mass is 414 g/mol. The molecule has 0 unspecified atom stereocenters. The Kier molecular flexibility index (Phi) is 4.48. The van der Waals surface area contributed by atoms with Crippen molar-refractivity contribution in [2.24, 2.45) is 7.05 Å². The van der Waals surface area contributed by atoms with Crippen LogP contribution in [0.2, 0.25) is 5.02 Å². The van der Waals surface area contributed by atoms with Gasteiger partial charge in [-0.1, -0.05) is 30.9 Å². The van der Waals surface area contributed by atoms with Gasteiger partial charge in [0, 0.05) is 25.4 Å². The van der Waals surface area contributed by atoms with E-state index in [0.717, 1.165) is 36.9 Å². The van der Waals surface area contributed by atoms with E-state index in [1.54, 1.807) is 10.7 Å². The third kappa shape index (κ3) is 3.26. The number of halogens is 1. The van der Waals surface area contributed by atoms with Gasteiger partial charge >= 0.3 is 6.03 Å². The number of benzene rings is 1. The number of urea groups is 1. The second kappa shape index (κ2) is 7.03. The Hall–Kier alpha value is -2.58. The van der Waals surface area contributed by atoms with Crippen molar-refractivity contribution in [3.63, 3.8) is 0 Å². The van der Waals surface area contributed by atoms with Crippen LogP contribution in [-0.2, 0) is 25.7 Å². The number of fused-ring (bicyclic) bond motifs is 4. The van der Waals surface area contributed by atoms with E-state index >= 15 is 0 Å². The molecule has 8 nitrogen and oxygen atoms in total. The molecule has 2 aliphatic rings. The van der Waals surface area contributed by atoms with Crippen LogP contribution in [0, 0.1) is 0 Å². The molecular formula is C20H23ClN6O2. The Morgan fingerprint density at radius 1 is 1.31 bits per heavy atom. The number of anilines is 1. The van der Waals surface area contributed by atoms with Gasteiger partial charge in [-0.3, -0.25) is 4.68 Å². The maximum Gasteiger partial charge on any atom is 0.319 e. The number of aryl methyl sites for hydroxylation is 1. The van der Waals surface area contributed by atoms with Crippen LogP contribution in [0.15, 0.2) is 22.7 Å². The Labute approximate surface area is 173 Å². The summed E-state index contributed by atoms with van der Waals surface area (Å²) in [6.07, 6.45) is 6.94. The number of carbonyl (C=O) groups excluding carboxylic acids is 1. The number of carbonyl (C=O) groups is 1. The molecule has 2 amide bonds. The van der Waals surface area contributed by atoms with Gasteiger partial charge in [0.05, 0.1) is 28.5 Å². The second-order valence-corrected chi connectivity index (χ2v) is 8.28. The van der Waals surface area contributed by atoms with Crippen molar-refractivity contribution >= 4 is 34.4 Å². The molecule has 3 heterocycles. The first kappa shape index (κ1) is 18.4. The summed E-state index contributed by atoms with van der Waals surface area (Å²) in [5, 5.41) is 14.2. The number of hydrogen-bond donors (Lipinski definition) is 3. The maximum atomic E-state index is 12.3. The zero-order valence-corrected chi connectivity index (χ0v) is 17.0. The van der Waals surface area contributed by atoms with Crippen molar-refractivity contribution in [3.05, 3.63) is 40.5 Å². The van der Waals surface area contributed by atoms with Crippen LogP contribution >= 0.6 is 11.6 Å². The molecule has 0 atom stereocenters. The molecule has 29 heavy (non-hydrogen) atoms.